The fourth-order valence-corrected chi connectivity index (χ4v) is 4.40. The van der Waals surface area contributed by atoms with E-state index < -0.39 is 0 Å². The van der Waals surface area contributed by atoms with Gasteiger partial charge in [-0.05, 0) is 0 Å². The Kier molecular flexibility index (Phi) is 4.79. The summed E-state index contributed by atoms with van der Waals surface area (Å²) in [5.74, 6) is 2.38. The van der Waals surface area contributed by atoms with Gasteiger partial charge >= 0.3 is 183 Å². The molecule has 0 bridgehead atoms. The van der Waals surface area contributed by atoms with Crippen molar-refractivity contribution in [2.24, 2.45) is 0 Å². The number of hydrogen-bond donors (Lipinski definition) is 0. The summed E-state index contributed by atoms with van der Waals surface area (Å²) < 4.78 is 18.9. The first-order chi connectivity index (χ1) is 14.6. The van der Waals surface area contributed by atoms with Gasteiger partial charge in [-0.2, -0.15) is 0 Å². The molecule has 5 rings (SSSR count). The van der Waals surface area contributed by atoms with Gasteiger partial charge in [-0.25, -0.2) is 0 Å². The number of benzene rings is 3. The third kappa shape index (κ3) is 3.09. The number of rotatable bonds is 3. The molecule has 0 radical (unpaired) electrons. The van der Waals surface area contributed by atoms with Crippen molar-refractivity contribution in [3.63, 3.8) is 0 Å². The summed E-state index contributed by atoms with van der Waals surface area (Å²) in [6.07, 6.45) is 0. The van der Waals surface area contributed by atoms with E-state index >= 15 is 0 Å². The Labute approximate surface area is 183 Å². The second-order valence-corrected chi connectivity index (χ2v) is 8.09. The van der Waals surface area contributed by atoms with Crippen LogP contribution in [-0.4, -0.2) is 26.8 Å². The third-order valence-corrected chi connectivity index (χ3v) is 6.03. The molecule has 0 atom stereocenters. The van der Waals surface area contributed by atoms with Crippen LogP contribution in [-0.2, 0) is 15.0 Å². The third-order valence-electron chi connectivity index (χ3n) is 5.64. The van der Waals surface area contributed by atoms with E-state index in [1.165, 1.54) is 5.56 Å². The van der Waals surface area contributed by atoms with Crippen LogP contribution in [0.1, 0.15) is 12.5 Å². The average molecular weight is 444 g/mol. The number of aryl methyl sites for hydroxylation is 1. The second kappa shape index (κ2) is 7.48. The fraction of sp³-hybridized carbons (Fsp3) is 0.240. The van der Waals surface area contributed by atoms with Gasteiger partial charge in [0.25, 0.3) is 0 Å². The number of anilines is 1. The summed E-state index contributed by atoms with van der Waals surface area (Å²) in [6, 6.07) is 16.5. The number of hydrogen-bond acceptors (Lipinski definition) is 4. The van der Waals surface area contributed by atoms with Crippen molar-refractivity contribution in [1.29, 1.82) is 0 Å². The molecule has 0 spiro atoms. The first-order valence-corrected chi connectivity index (χ1v) is 10.6. The minimum atomic E-state index is 0.569. The minimum absolute atomic E-state index is 0.569. The molecule has 2 heterocycles. The molecule has 0 saturated carbocycles. The van der Waals surface area contributed by atoms with Crippen molar-refractivity contribution in [3.05, 3.63) is 58.2 Å². The zero-order valence-corrected chi connectivity index (χ0v) is 18.2. The van der Waals surface area contributed by atoms with Gasteiger partial charge in [-0.15, -0.1) is 0 Å². The topological polar surface area (TPSA) is 34.8 Å². The summed E-state index contributed by atoms with van der Waals surface area (Å²) in [5.41, 5.74) is 6.33. The van der Waals surface area contributed by atoms with Crippen molar-refractivity contribution < 1.29 is 28.9 Å². The number of ether oxygens (including phenoxy) is 2. The zero-order chi connectivity index (χ0) is 20.8. The molecule has 0 N–H and O–H groups in total. The van der Waals surface area contributed by atoms with Crippen LogP contribution in [0.25, 0.3) is 33.4 Å². The molecule has 0 amide bonds. The van der Waals surface area contributed by atoms with Crippen molar-refractivity contribution in [2.45, 2.75) is 13.8 Å². The van der Waals surface area contributed by atoms with Gasteiger partial charge in [-0.1, -0.05) is 0 Å². The van der Waals surface area contributed by atoms with Gasteiger partial charge < -0.3 is 0 Å². The number of fused-ring (bicyclic) bond motifs is 3. The summed E-state index contributed by atoms with van der Waals surface area (Å²) in [6.45, 7) is 6.20. The van der Waals surface area contributed by atoms with Gasteiger partial charge in [0.05, 0.1) is 0 Å². The SMILES string of the molecule is CCOc1cc2c(-c3ccccc3C)c3cc4c(cc3oc-2c[c]1=[Ni])N(C)CCO4. The number of nitrogens with zero attached hydrogens (tertiary/aromatic N) is 1. The van der Waals surface area contributed by atoms with Crippen LogP contribution in [0.3, 0.4) is 0 Å². The summed E-state index contributed by atoms with van der Waals surface area (Å²) in [7, 11) is 2.08. The predicted octanol–water partition coefficient (Wildman–Crippen LogP) is 5.82. The number of likely N-dealkylation sites (N-methyl/N-ethyl adjacent to an activating group) is 1. The Morgan fingerprint density at radius 2 is 1.93 bits per heavy atom. The Balaban J connectivity index is 1.93. The van der Waals surface area contributed by atoms with Crippen molar-refractivity contribution >= 4 is 16.7 Å². The first kappa shape index (κ1) is 19.2. The molecule has 30 heavy (non-hydrogen) atoms. The zero-order valence-electron chi connectivity index (χ0n) is 17.2. The standard InChI is InChI=1S/C25H23NO3.Ni/c1-4-27-17-9-10-22-19(13-17)25(18-8-6-5-7-16(18)2)20-14-24-21(15-23(20)29-22)26(3)11-12-28-24;/h5-8,10,13-15H,4,11-12H2,1-3H3;. The quantitative estimate of drug-likeness (QED) is 0.295. The fourth-order valence-electron chi connectivity index (χ4n) is 4.13. The molecule has 2 aromatic carbocycles. The molecule has 1 aliphatic carbocycles. The molecule has 3 aliphatic rings. The van der Waals surface area contributed by atoms with Crippen LogP contribution in [0.2, 0.25) is 0 Å². The normalized spacial score (nSPS) is 13.4. The van der Waals surface area contributed by atoms with Crippen molar-refractivity contribution in [1.82, 2.24) is 0 Å². The van der Waals surface area contributed by atoms with E-state index in [0.29, 0.717) is 17.4 Å². The van der Waals surface area contributed by atoms with E-state index in [-0.39, 0.29) is 0 Å². The van der Waals surface area contributed by atoms with Gasteiger partial charge in [0.15, 0.2) is 0 Å². The summed E-state index contributed by atoms with van der Waals surface area (Å²) >= 11 is 5.21. The van der Waals surface area contributed by atoms with E-state index in [1.54, 1.807) is 0 Å². The van der Waals surface area contributed by atoms with E-state index in [2.05, 4.69) is 55.3 Å². The predicted molar refractivity (Wildman–Crippen MR) is 116 cm³/mol. The van der Waals surface area contributed by atoms with E-state index in [9.17, 15) is 0 Å². The van der Waals surface area contributed by atoms with Crippen LogP contribution in [0, 0.1) is 11.1 Å². The van der Waals surface area contributed by atoms with Crippen molar-refractivity contribution in [3.8, 4) is 33.9 Å². The van der Waals surface area contributed by atoms with Crippen LogP contribution < -0.4 is 14.4 Å². The molecule has 0 aromatic heterocycles. The molecule has 0 fully saturated rings. The van der Waals surface area contributed by atoms with E-state index in [0.717, 1.165) is 57.2 Å². The van der Waals surface area contributed by atoms with Gasteiger partial charge in [0, 0.05) is 0 Å². The van der Waals surface area contributed by atoms with Crippen LogP contribution in [0.15, 0.2) is 52.9 Å². The van der Waals surface area contributed by atoms with Gasteiger partial charge in [-0.3, -0.25) is 0 Å². The van der Waals surface area contributed by atoms with Crippen LogP contribution >= 0.6 is 0 Å². The molecule has 5 heteroatoms. The summed E-state index contributed by atoms with van der Waals surface area (Å²) in [4.78, 5) is 2.20. The second-order valence-electron chi connectivity index (χ2n) is 7.56. The molecule has 2 aromatic rings. The molecule has 4 nitrogen and oxygen atoms in total. The van der Waals surface area contributed by atoms with Gasteiger partial charge in [0.2, 0.25) is 0 Å². The maximum atomic E-state index is 6.38. The Morgan fingerprint density at radius 1 is 1.10 bits per heavy atom. The Morgan fingerprint density at radius 3 is 2.73 bits per heavy atom. The Hall–Kier alpha value is -2.78. The van der Waals surface area contributed by atoms with Crippen molar-refractivity contribution in [2.75, 3.05) is 31.7 Å². The van der Waals surface area contributed by atoms with E-state index in [1.807, 2.05) is 19.1 Å². The van der Waals surface area contributed by atoms with Crippen LogP contribution in [0.5, 0.6) is 11.5 Å². The molecule has 0 unspecified atom stereocenters. The van der Waals surface area contributed by atoms with Crippen LogP contribution in [0.4, 0.5) is 5.69 Å². The molecular formula is C25H23NNiO3. The molecule has 0 saturated heterocycles. The average Bonchev–Trinajstić information content (AvgIpc) is 2.73. The summed E-state index contributed by atoms with van der Waals surface area (Å²) in [5, 5.41) is 1.02. The van der Waals surface area contributed by atoms with Gasteiger partial charge in [0.1, 0.15) is 0 Å². The first-order valence-electron chi connectivity index (χ1n) is 10.1. The molecule has 156 valence electrons. The molecule has 2 aliphatic heterocycles. The van der Waals surface area contributed by atoms with E-state index in [4.69, 9.17) is 28.9 Å². The maximum absolute atomic E-state index is 6.38. The molecular weight excluding hydrogens is 421 g/mol. The Bertz CT molecular complexity index is 1290. The monoisotopic (exact) mass is 443 g/mol.